The number of unbranched alkanes of at least 4 members (excludes halogenated alkanes) is 3. The molecule has 4 heteroatoms. The molecule has 0 heterocycles. The summed E-state index contributed by atoms with van der Waals surface area (Å²) in [5.41, 5.74) is 0.644. The lowest BCUT2D eigenvalue weighted by Gasteiger charge is -2.20. The van der Waals surface area contributed by atoms with Crippen molar-refractivity contribution in [1.82, 2.24) is 0 Å². The Morgan fingerprint density at radius 1 is 1.09 bits per heavy atom. The second-order valence-electron chi connectivity index (χ2n) is 5.99. The van der Waals surface area contributed by atoms with Crippen LogP contribution in [0.1, 0.15) is 58.9 Å². The number of nitrogens with one attached hydrogen (secondary N) is 1. The van der Waals surface area contributed by atoms with E-state index in [1.165, 1.54) is 25.5 Å². The average Bonchev–Trinajstić information content (AvgIpc) is 2.48. The highest BCUT2D eigenvalue weighted by atomic mass is 16.5. The van der Waals surface area contributed by atoms with Gasteiger partial charge in [-0.05, 0) is 44.9 Å². The summed E-state index contributed by atoms with van der Waals surface area (Å²) in [6, 6.07) is 5.87. The van der Waals surface area contributed by atoms with Gasteiger partial charge in [0.2, 0.25) is 0 Å². The first-order chi connectivity index (χ1) is 10.5. The molecule has 0 aliphatic heterocycles. The van der Waals surface area contributed by atoms with Gasteiger partial charge in [0.1, 0.15) is 0 Å². The van der Waals surface area contributed by atoms with E-state index in [1.807, 2.05) is 44.1 Å². The summed E-state index contributed by atoms with van der Waals surface area (Å²) in [6.07, 6.45) is 6.24. The van der Waals surface area contributed by atoms with Crippen LogP contribution in [0.2, 0.25) is 0 Å². The van der Waals surface area contributed by atoms with Gasteiger partial charge < -0.3 is 14.7 Å². The third-order valence-corrected chi connectivity index (χ3v) is 3.66. The van der Waals surface area contributed by atoms with E-state index in [-0.39, 0.29) is 5.41 Å². The van der Waals surface area contributed by atoms with Crippen LogP contribution in [0, 0.1) is 5.21 Å². The second-order valence-corrected chi connectivity index (χ2v) is 5.99. The largest absolute Gasteiger partial charge is 0.626 e. The predicted molar refractivity (Wildman–Crippen MR) is 90.7 cm³/mol. The standard InChI is InChI=1S/C18H29NO3/c1-5-7-8-9-12-22-16-11-10-15(13-17(16)21-6-2)18(3,4)14-19-20/h10-11,13-14,19H,5-9,12H2,1-4H3. The average molecular weight is 307 g/mol. The highest BCUT2D eigenvalue weighted by molar-refractivity contribution is 5.68. The maximum Gasteiger partial charge on any atom is 0.161 e. The molecule has 4 nitrogen and oxygen atoms in total. The monoisotopic (exact) mass is 307 g/mol. The molecule has 0 saturated carbocycles. The lowest BCUT2D eigenvalue weighted by atomic mass is 9.86. The minimum Gasteiger partial charge on any atom is -0.626 e. The molecule has 0 amide bonds. The Balaban J connectivity index is 2.81. The highest BCUT2D eigenvalue weighted by Gasteiger charge is 2.23. The molecule has 0 aliphatic carbocycles. The molecule has 1 rings (SSSR count). The molecule has 0 unspecified atom stereocenters. The van der Waals surface area contributed by atoms with E-state index < -0.39 is 0 Å². The van der Waals surface area contributed by atoms with Gasteiger partial charge in [-0.25, -0.2) is 5.16 Å². The first kappa shape index (κ1) is 18.3. The molecule has 0 fully saturated rings. The van der Waals surface area contributed by atoms with Crippen LogP contribution in [0.25, 0.3) is 0 Å². The van der Waals surface area contributed by atoms with Gasteiger partial charge in [0, 0.05) is 0 Å². The van der Waals surface area contributed by atoms with E-state index in [2.05, 4.69) is 6.92 Å². The van der Waals surface area contributed by atoms with Crippen molar-refractivity contribution in [1.29, 1.82) is 0 Å². The molecule has 1 aromatic rings. The third kappa shape index (κ3) is 5.58. The lowest BCUT2D eigenvalue weighted by Crippen LogP contribution is -2.63. The molecule has 0 atom stereocenters. The summed E-state index contributed by atoms with van der Waals surface area (Å²) in [4.78, 5) is 0. The summed E-state index contributed by atoms with van der Waals surface area (Å²) in [6.45, 7) is 9.40. The van der Waals surface area contributed by atoms with Crippen molar-refractivity contribution in [3.63, 3.8) is 0 Å². The van der Waals surface area contributed by atoms with Crippen LogP contribution in [0.15, 0.2) is 18.2 Å². The zero-order valence-electron chi connectivity index (χ0n) is 14.3. The van der Waals surface area contributed by atoms with Crippen molar-refractivity contribution in [3.8, 4) is 11.5 Å². The van der Waals surface area contributed by atoms with Gasteiger partial charge in [-0.15, -0.1) is 0 Å². The van der Waals surface area contributed by atoms with E-state index in [1.54, 1.807) is 0 Å². The smallest absolute Gasteiger partial charge is 0.161 e. The molecule has 1 N–H and O–H groups in total. The van der Waals surface area contributed by atoms with E-state index in [0.717, 1.165) is 23.5 Å². The van der Waals surface area contributed by atoms with Crippen molar-refractivity contribution in [2.75, 3.05) is 13.2 Å². The Hall–Kier alpha value is -1.71. The van der Waals surface area contributed by atoms with Crippen molar-refractivity contribution in [3.05, 3.63) is 29.0 Å². The fourth-order valence-electron chi connectivity index (χ4n) is 2.24. The Bertz CT molecular complexity index is 469. The summed E-state index contributed by atoms with van der Waals surface area (Å²) < 4.78 is 11.5. The van der Waals surface area contributed by atoms with E-state index in [0.29, 0.717) is 13.2 Å². The number of benzene rings is 1. The molecule has 0 spiro atoms. The summed E-state index contributed by atoms with van der Waals surface area (Å²) >= 11 is 0. The Morgan fingerprint density at radius 2 is 1.86 bits per heavy atom. The van der Waals surface area contributed by atoms with Crippen LogP contribution in [0.3, 0.4) is 0 Å². The number of hydrogen-bond donors (Lipinski definition) is 1. The summed E-state index contributed by atoms with van der Waals surface area (Å²) in [5, 5.41) is 12.5. The zero-order valence-corrected chi connectivity index (χ0v) is 14.3. The maximum absolute atomic E-state index is 10.7. The lowest BCUT2D eigenvalue weighted by molar-refractivity contribution is -0.370. The van der Waals surface area contributed by atoms with Gasteiger partial charge in [0.15, 0.2) is 17.7 Å². The number of hydrogen-bond acceptors (Lipinski definition) is 3. The van der Waals surface area contributed by atoms with E-state index >= 15 is 0 Å². The van der Waals surface area contributed by atoms with Crippen molar-refractivity contribution in [2.24, 2.45) is 0 Å². The van der Waals surface area contributed by atoms with E-state index in [4.69, 9.17) is 9.47 Å². The third-order valence-electron chi connectivity index (χ3n) is 3.66. The van der Waals surface area contributed by atoms with E-state index in [9.17, 15) is 5.21 Å². The van der Waals surface area contributed by atoms with Crippen molar-refractivity contribution < 1.29 is 14.6 Å². The Kier molecular flexibility index (Phi) is 7.78. The Labute approximate surface area is 134 Å². The van der Waals surface area contributed by atoms with Crippen LogP contribution >= 0.6 is 0 Å². The van der Waals surface area contributed by atoms with Crippen molar-refractivity contribution in [2.45, 2.75) is 58.8 Å². The van der Waals surface area contributed by atoms with Crippen LogP contribution in [0.4, 0.5) is 0 Å². The first-order valence-electron chi connectivity index (χ1n) is 8.17. The quantitative estimate of drug-likeness (QED) is 0.313. The Morgan fingerprint density at radius 3 is 2.50 bits per heavy atom. The summed E-state index contributed by atoms with van der Waals surface area (Å²) in [5.74, 6) is 1.51. The van der Waals surface area contributed by atoms with Gasteiger partial charge in [-0.3, -0.25) is 0 Å². The minimum atomic E-state index is -0.368. The molecule has 0 radical (unpaired) electrons. The molecule has 0 bridgehead atoms. The highest BCUT2D eigenvalue weighted by Crippen LogP contribution is 2.32. The van der Waals surface area contributed by atoms with Crippen LogP contribution in [-0.2, 0) is 5.41 Å². The van der Waals surface area contributed by atoms with Crippen LogP contribution in [0.5, 0.6) is 11.5 Å². The SMILES string of the molecule is CCCCCCOc1ccc(C(C)(C)C=[NH+][O-])cc1OCC. The molecule has 1 aromatic carbocycles. The topological polar surface area (TPSA) is 55.5 Å². The molecule has 124 valence electrons. The van der Waals surface area contributed by atoms with Gasteiger partial charge >= 0.3 is 0 Å². The zero-order chi connectivity index (χ0) is 16.4. The molecule has 0 saturated heterocycles. The van der Waals surface area contributed by atoms with Crippen LogP contribution < -0.4 is 14.6 Å². The first-order valence-corrected chi connectivity index (χ1v) is 8.17. The van der Waals surface area contributed by atoms with Gasteiger partial charge in [-0.2, -0.15) is 0 Å². The molecular formula is C18H29NO3. The summed E-state index contributed by atoms with van der Waals surface area (Å²) in [7, 11) is 0. The molecule has 0 aliphatic rings. The van der Waals surface area contributed by atoms with Gasteiger partial charge in [0.05, 0.1) is 18.6 Å². The molecule has 0 aromatic heterocycles. The molecular weight excluding hydrogens is 278 g/mol. The molecule has 22 heavy (non-hydrogen) atoms. The van der Waals surface area contributed by atoms with Crippen molar-refractivity contribution >= 4 is 6.21 Å². The minimum absolute atomic E-state index is 0.368. The van der Waals surface area contributed by atoms with Gasteiger partial charge in [-0.1, -0.05) is 32.3 Å². The maximum atomic E-state index is 10.7. The second kappa shape index (κ2) is 9.34. The van der Waals surface area contributed by atoms with Crippen LogP contribution in [-0.4, -0.2) is 19.4 Å². The number of rotatable bonds is 10. The normalized spacial score (nSPS) is 11.8. The fourth-order valence-corrected chi connectivity index (χ4v) is 2.24. The fraction of sp³-hybridized carbons (Fsp3) is 0.611. The predicted octanol–water partition coefficient (Wildman–Crippen LogP) is 2.97. The van der Waals surface area contributed by atoms with Gasteiger partial charge in [0.25, 0.3) is 0 Å². The number of ether oxygens (including phenoxy) is 2.